The lowest BCUT2D eigenvalue weighted by atomic mass is 10.1. The van der Waals surface area contributed by atoms with Crippen molar-refractivity contribution < 1.29 is 0 Å². The van der Waals surface area contributed by atoms with E-state index in [0.29, 0.717) is 0 Å². The maximum absolute atomic E-state index is 3.62. The Kier molecular flexibility index (Phi) is 4.11. The summed E-state index contributed by atoms with van der Waals surface area (Å²) in [6.45, 7) is 6.86. The Morgan fingerprint density at radius 2 is 2.10 bits per heavy atom. The van der Waals surface area contributed by atoms with Gasteiger partial charge in [-0.3, -0.25) is 0 Å². The van der Waals surface area contributed by atoms with Gasteiger partial charge in [0.05, 0.1) is 0 Å². The summed E-state index contributed by atoms with van der Waals surface area (Å²) in [5.74, 6) is 0.739. The van der Waals surface area contributed by atoms with E-state index in [1.807, 2.05) is 0 Å². The van der Waals surface area contributed by atoms with Crippen molar-refractivity contribution in [1.29, 1.82) is 0 Å². The molecule has 1 atom stereocenters. The van der Waals surface area contributed by atoms with Gasteiger partial charge in [-0.05, 0) is 43.4 Å². The fourth-order valence-electron chi connectivity index (χ4n) is 2.84. The van der Waals surface area contributed by atoms with E-state index < -0.39 is 0 Å². The van der Waals surface area contributed by atoms with Crippen LogP contribution in [-0.4, -0.2) is 17.2 Å². The Bertz CT molecular complexity index is 566. The van der Waals surface area contributed by atoms with Crippen LogP contribution < -0.4 is 5.32 Å². The first kappa shape index (κ1) is 13.7. The molecule has 1 N–H and O–H groups in total. The molecule has 2 aromatic rings. The van der Waals surface area contributed by atoms with Gasteiger partial charge in [-0.15, -0.1) is 0 Å². The summed E-state index contributed by atoms with van der Waals surface area (Å²) in [7, 11) is 0. The molecular weight excluding hydrogens is 244 g/mol. The van der Waals surface area contributed by atoms with Crippen LogP contribution in [0.2, 0.25) is 0 Å². The van der Waals surface area contributed by atoms with Gasteiger partial charge in [-0.25, -0.2) is 0 Å². The van der Waals surface area contributed by atoms with Gasteiger partial charge in [-0.1, -0.05) is 38.5 Å². The summed E-state index contributed by atoms with van der Waals surface area (Å²) in [6.07, 6.45) is 7.51. The van der Waals surface area contributed by atoms with Gasteiger partial charge < -0.3 is 9.88 Å². The molecular formula is C18H26N2. The predicted molar refractivity (Wildman–Crippen MR) is 86.1 cm³/mol. The van der Waals surface area contributed by atoms with E-state index in [1.165, 1.54) is 35.7 Å². The normalized spacial score (nSPS) is 16.7. The molecule has 1 aliphatic rings. The second-order valence-electron chi connectivity index (χ2n) is 6.32. The highest BCUT2D eigenvalue weighted by molar-refractivity contribution is 5.84. The van der Waals surface area contributed by atoms with Crippen LogP contribution in [-0.2, 0) is 13.0 Å². The molecule has 0 bridgehead atoms. The van der Waals surface area contributed by atoms with Crippen LogP contribution in [0.3, 0.4) is 0 Å². The molecule has 108 valence electrons. The van der Waals surface area contributed by atoms with E-state index in [-0.39, 0.29) is 0 Å². The van der Waals surface area contributed by atoms with Crippen LogP contribution in [0.4, 0.5) is 0 Å². The Morgan fingerprint density at radius 3 is 2.85 bits per heavy atom. The number of hydrogen-bond acceptors (Lipinski definition) is 1. The Balaban J connectivity index is 1.79. The standard InChI is InChI=1S/C18H26N2/c1-3-14(2)12-20-13-15(10-11-19-16-8-9-16)17-6-4-5-7-18(17)20/h4-7,13-14,16,19H,3,8-12H2,1-2H3. The Labute approximate surface area is 122 Å². The molecule has 1 aliphatic carbocycles. The summed E-state index contributed by atoms with van der Waals surface area (Å²) >= 11 is 0. The minimum absolute atomic E-state index is 0.739. The molecule has 1 saturated carbocycles. The lowest BCUT2D eigenvalue weighted by Gasteiger charge is -2.10. The predicted octanol–water partition coefficient (Wildman–Crippen LogP) is 3.98. The molecule has 2 heteroatoms. The number of aromatic nitrogens is 1. The maximum Gasteiger partial charge on any atom is 0.0483 e. The number of nitrogens with zero attached hydrogens (tertiary/aromatic N) is 1. The fraction of sp³-hybridized carbons (Fsp3) is 0.556. The van der Waals surface area contributed by atoms with E-state index in [4.69, 9.17) is 0 Å². The topological polar surface area (TPSA) is 17.0 Å². The molecule has 1 fully saturated rings. The monoisotopic (exact) mass is 270 g/mol. The smallest absolute Gasteiger partial charge is 0.0483 e. The number of para-hydroxylation sites is 1. The zero-order chi connectivity index (χ0) is 13.9. The van der Waals surface area contributed by atoms with Crippen molar-refractivity contribution in [3.63, 3.8) is 0 Å². The third-order valence-electron chi connectivity index (χ3n) is 4.48. The van der Waals surface area contributed by atoms with E-state index in [2.05, 4.69) is 54.2 Å². The zero-order valence-electron chi connectivity index (χ0n) is 12.7. The molecule has 0 aliphatic heterocycles. The van der Waals surface area contributed by atoms with Gasteiger partial charge in [0.1, 0.15) is 0 Å². The molecule has 0 spiro atoms. The van der Waals surface area contributed by atoms with Gasteiger partial charge in [0.2, 0.25) is 0 Å². The van der Waals surface area contributed by atoms with Crippen LogP contribution in [0.25, 0.3) is 10.9 Å². The molecule has 1 unspecified atom stereocenters. The van der Waals surface area contributed by atoms with Gasteiger partial charge in [0.25, 0.3) is 0 Å². The third-order valence-corrected chi connectivity index (χ3v) is 4.48. The van der Waals surface area contributed by atoms with Gasteiger partial charge in [-0.2, -0.15) is 0 Å². The van der Waals surface area contributed by atoms with Gasteiger partial charge in [0.15, 0.2) is 0 Å². The minimum atomic E-state index is 0.739. The number of hydrogen-bond donors (Lipinski definition) is 1. The molecule has 0 amide bonds. The van der Waals surface area contributed by atoms with Crippen LogP contribution in [0, 0.1) is 5.92 Å². The first-order valence-electron chi connectivity index (χ1n) is 8.08. The highest BCUT2D eigenvalue weighted by atomic mass is 15.0. The molecule has 0 saturated heterocycles. The van der Waals surface area contributed by atoms with E-state index in [1.54, 1.807) is 0 Å². The highest BCUT2D eigenvalue weighted by Crippen LogP contribution is 2.24. The second-order valence-corrected chi connectivity index (χ2v) is 6.32. The van der Waals surface area contributed by atoms with Crippen molar-refractivity contribution in [3.05, 3.63) is 36.0 Å². The Morgan fingerprint density at radius 1 is 1.30 bits per heavy atom. The SMILES string of the molecule is CCC(C)Cn1cc(CCNC2CC2)c2ccccc21. The van der Waals surface area contributed by atoms with Crippen LogP contribution >= 0.6 is 0 Å². The molecule has 1 heterocycles. The minimum Gasteiger partial charge on any atom is -0.347 e. The van der Waals surface area contributed by atoms with Crippen LogP contribution in [0.5, 0.6) is 0 Å². The van der Waals surface area contributed by atoms with Crippen molar-refractivity contribution in [3.8, 4) is 0 Å². The largest absolute Gasteiger partial charge is 0.347 e. The maximum atomic E-state index is 3.62. The zero-order valence-corrected chi connectivity index (χ0v) is 12.7. The molecule has 1 aromatic heterocycles. The quantitative estimate of drug-likeness (QED) is 0.805. The van der Waals surface area contributed by atoms with Gasteiger partial charge >= 0.3 is 0 Å². The van der Waals surface area contributed by atoms with E-state index >= 15 is 0 Å². The molecule has 1 aromatic carbocycles. The number of nitrogens with one attached hydrogen (secondary N) is 1. The van der Waals surface area contributed by atoms with Crippen molar-refractivity contribution >= 4 is 10.9 Å². The summed E-state index contributed by atoms with van der Waals surface area (Å²) in [4.78, 5) is 0. The third kappa shape index (κ3) is 3.06. The van der Waals surface area contributed by atoms with Crippen molar-refractivity contribution in [2.45, 2.75) is 52.1 Å². The molecule has 20 heavy (non-hydrogen) atoms. The summed E-state index contributed by atoms with van der Waals surface area (Å²) in [5, 5.41) is 5.06. The van der Waals surface area contributed by atoms with E-state index in [9.17, 15) is 0 Å². The van der Waals surface area contributed by atoms with Crippen molar-refractivity contribution in [1.82, 2.24) is 9.88 Å². The summed E-state index contributed by atoms with van der Waals surface area (Å²) in [5.41, 5.74) is 2.89. The first-order chi connectivity index (χ1) is 9.78. The molecule has 2 nitrogen and oxygen atoms in total. The van der Waals surface area contributed by atoms with E-state index in [0.717, 1.165) is 31.5 Å². The fourth-order valence-corrected chi connectivity index (χ4v) is 2.84. The summed E-state index contributed by atoms with van der Waals surface area (Å²) in [6, 6.07) is 9.66. The summed E-state index contributed by atoms with van der Waals surface area (Å²) < 4.78 is 2.45. The second kappa shape index (κ2) is 6.01. The Hall–Kier alpha value is -1.28. The number of benzene rings is 1. The van der Waals surface area contributed by atoms with Gasteiger partial charge in [0, 0.05) is 29.7 Å². The highest BCUT2D eigenvalue weighted by Gasteiger charge is 2.20. The average Bonchev–Trinajstić information content (AvgIpc) is 3.23. The lowest BCUT2D eigenvalue weighted by molar-refractivity contribution is 0.477. The van der Waals surface area contributed by atoms with Crippen molar-refractivity contribution in [2.24, 2.45) is 5.92 Å². The average molecular weight is 270 g/mol. The van der Waals surface area contributed by atoms with Crippen LogP contribution in [0.1, 0.15) is 38.7 Å². The first-order valence-corrected chi connectivity index (χ1v) is 8.08. The van der Waals surface area contributed by atoms with Crippen LogP contribution in [0.15, 0.2) is 30.5 Å². The number of fused-ring (bicyclic) bond motifs is 1. The molecule has 3 rings (SSSR count). The molecule has 0 radical (unpaired) electrons. The van der Waals surface area contributed by atoms with Crippen molar-refractivity contribution in [2.75, 3.05) is 6.54 Å². The number of rotatable bonds is 7. The lowest BCUT2D eigenvalue weighted by Crippen LogP contribution is -2.19.